The van der Waals surface area contributed by atoms with Crippen molar-refractivity contribution in [2.75, 3.05) is 0 Å². The fraction of sp³-hybridized carbons (Fsp3) is 0.350. The molecule has 2 unspecified atom stereocenters. The second kappa shape index (κ2) is 9.35. The van der Waals surface area contributed by atoms with Crippen molar-refractivity contribution in [1.82, 2.24) is 10.0 Å². The number of carbonyl (C=O) groups excluding carboxylic acids is 1. The number of hydrogen-bond acceptors (Lipinski definition) is 3. The zero-order chi connectivity index (χ0) is 20.0. The summed E-state index contributed by atoms with van der Waals surface area (Å²) >= 11 is 5.94. The summed E-state index contributed by atoms with van der Waals surface area (Å²) in [4.78, 5) is 12.6. The maximum Gasteiger partial charge on any atom is 0.241 e. The van der Waals surface area contributed by atoms with E-state index in [1.165, 1.54) is 12.1 Å². The Morgan fingerprint density at radius 2 is 1.59 bits per heavy atom. The maximum atomic E-state index is 12.7. The Morgan fingerprint density at radius 1 is 1.00 bits per heavy atom. The third-order valence-electron chi connectivity index (χ3n) is 4.40. The molecule has 0 saturated carbocycles. The van der Waals surface area contributed by atoms with Gasteiger partial charge in [0.25, 0.3) is 0 Å². The predicted octanol–water partition coefficient (Wildman–Crippen LogP) is 3.91. The van der Waals surface area contributed by atoms with Crippen molar-refractivity contribution in [3.63, 3.8) is 0 Å². The Bertz CT molecular complexity index is 853. The smallest absolute Gasteiger partial charge is 0.241 e. The van der Waals surface area contributed by atoms with Crippen LogP contribution >= 0.6 is 11.6 Å². The van der Waals surface area contributed by atoms with Gasteiger partial charge in [0, 0.05) is 17.5 Å². The Hall–Kier alpha value is -1.89. The van der Waals surface area contributed by atoms with Gasteiger partial charge in [-0.25, -0.2) is 13.1 Å². The molecule has 1 amide bonds. The molecule has 0 fully saturated rings. The molecule has 2 rings (SSSR count). The first-order valence-electron chi connectivity index (χ1n) is 8.81. The molecule has 7 heteroatoms. The molecule has 2 aromatic rings. The molecule has 2 aromatic carbocycles. The molecular weight excluding hydrogens is 384 g/mol. The minimum absolute atomic E-state index is 0.00546. The van der Waals surface area contributed by atoms with Crippen molar-refractivity contribution < 1.29 is 13.2 Å². The quantitative estimate of drug-likeness (QED) is 0.695. The maximum absolute atomic E-state index is 12.7. The molecule has 0 saturated heterocycles. The summed E-state index contributed by atoms with van der Waals surface area (Å²) in [7, 11) is -3.77. The topological polar surface area (TPSA) is 75.3 Å². The zero-order valence-corrected chi connectivity index (χ0v) is 17.2. The van der Waals surface area contributed by atoms with Gasteiger partial charge < -0.3 is 5.32 Å². The van der Waals surface area contributed by atoms with E-state index in [9.17, 15) is 13.2 Å². The van der Waals surface area contributed by atoms with Crippen LogP contribution in [0.15, 0.2) is 59.5 Å². The van der Waals surface area contributed by atoms with Gasteiger partial charge in [0.15, 0.2) is 0 Å². The predicted molar refractivity (Wildman–Crippen MR) is 108 cm³/mol. The first-order valence-corrected chi connectivity index (χ1v) is 10.7. The minimum Gasteiger partial charge on any atom is -0.353 e. The SMILES string of the molecule is CC(C)C(C)NC(=O)CC(NS(=O)(=O)c1ccccc1)c1ccc(Cl)cc1. The van der Waals surface area contributed by atoms with Crippen molar-refractivity contribution in [3.8, 4) is 0 Å². The number of amides is 1. The Kier molecular flexibility index (Phi) is 7.41. The molecular formula is C20H25ClN2O3S. The van der Waals surface area contributed by atoms with Gasteiger partial charge in [-0.3, -0.25) is 4.79 Å². The fourth-order valence-electron chi connectivity index (χ4n) is 2.44. The molecule has 0 bridgehead atoms. The van der Waals surface area contributed by atoms with E-state index in [-0.39, 0.29) is 29.2 Å². The van der Waals surface area contributed by atoms with E-state index >= 15 is 0 Å². The molecule has 0 heterocycles. The Balaban J connectivity index is 2.25. The number of sulfonamides is 1. The van der Waals surface area contributed by atoms with Crippen molar-refractivity contribution in [1.29, 1.82) is 0 Å². The molecule has 27 heavy (non-hydrogen) atoms. The van der Waals surface area contributed by atoms with Crippen molar-refractivity contribution >= 4 is 27.5 Å². The van der Waals surface area contributed by atoms with Crippen LogP contribution in [0.4, 0.5) is 0 Å². The lowest BCUT2D eigenvalue weighted by atomic mass is 10.0. The minimum atomic E-state index is -3.77. The molecule has 146 valence electrons. The highest BCUT2D eigenvalue weighted by Crippen LogP contribution is 2.22. The summed E-state index contributed by atoms with van der Waals surface area (Å²) in [6, 6.07) is 14.2. The van der Waals surface area contributed by atoms with Crippen LogP contribution in [0, 0.1) is 5.92 Å². The third kappa shape index (κ3) is 6.34. The highest BCUT2D eigenvalue weighted by Gasteiger charge is 2.24. The number of carbonyl (C=O) groups is 1. The van der Waals surface area contributed by atoms with E-state index in [4.69, 9.17) is 11.6 Å². The van der Waals surface area contributed by atoms with Gasteiger partial charge in [0.05, 0.1) is 10.9 Å². The highest BCUT2D eigenvalue weighted by atomic mass is 35.5. The molecule has 2 N–H and O–H groups in total. The number of benzene rings is 2. The normalized spacial score (nSPS) is 14.0. The number of nitrogens with one attached hydrogen (secondary N) is 2. The van der Waals surface area contributed by atoms with Crippen LogP contribution in [0.3, 0.4) is 0 Å². The van der Waals surface area contributed by atoms with Crippen molar-refractivity contribution in [2.45, 2.75) is 44.2 Å². The molecule has 5 nitrogen and oxygen atoms in total. The lowest BCUT2D eigenvalue weighted by Gasteiger charge is -2.22. The highest BCUT2D eigenvalue weighted by molar-refractivity contribution is 7.89. The molecule has 0 aromatic heterocycles. The van der Waals surface area contributed by atoms with Crippen LogP contribution in [0.1, 0.15) is 38.8 Å². The molecule has 0 aliphatic carbocycles. The van der Waals surface area contributed by atoms with E-state index < -0.39 is 16.1 Å². The summed E-state index contributed by atoms with van der Waals surface area (Å²) in [5, 5.41) is 3.46. The Morgan fingerprint density at radius 3 is 2.15 bits per heavy atom. The van der Waals surface area contributed by atoms with E-state index in [0.29, 0.717) is 10.6 Å². The van der Waals surface area contributed by atoms with Crippen LogP contribution in [-0.2, 0) is 14.8 Å². The second-order valence-electron chi connectivity index (χ2n) is 6.84. The summed E-state index contributed by atoms with van der Waals surface area (Å²) in [6.07, 6.45) is -0.00917. The molecule has 0 radical (unpaired) electrons. The molecule has 0 aliphatic rings. The monoisotopic (exact) mass is 408 g/mol. The number of rotatable bonds is 8. The van der Waals surface area contributed by atoms with Crippen molar-refractivity contribution in [2.24, 2.45) is 5.92 Å². The van der Waals surface area contributed by atoms with Crippen LogP contribution in [0.2, 0.25) is 5.02 Å². The number of hydrogen-bond donors (Lipinski definition) is 2. The van der Waals surface area contributed by atoms with Crippen molar-refractivity contribution in [3.05, 3.63) is 65.2 Å². The van der Waals surface area contributed by atoms with E-state index in [0.717, 1.165) is 0 Å². The summed E-state index contributed by atoms with van der Waals surface area (Å²) < 4.78 is 28.1. The fourth-order valence-corrected chi connectivity index (χ4v) is 3.81. The van der Waals surface area contributed by atoms with Crippen LogP contribution in [0.5, 0.6) is 0 Å². The number of halogens is 1. The average Bonchev–Trinajstić information content (AvgIpc) is 2.62. The first-order chi connectivity index (χ1) is 12.7. The van der Waals surface area contributed by atoms with Crippen LogP contribution < -0.4 is 10.0 Å². The van der Waals surface area contributed by atoms with Gasteiger partial charge in [-0.05, 0) is 42.7 Å². The van der Waals surface area contributed by atoms with Gasteiger partial charge in [-0.2, -0.15) is 0 Å². The van der Waals surface area contributed by atoms with E-state index in [2.05, 4.69) is 10.0 Å². The van der Waals surface area contributed by atoms with Gasteiger partial charge in [-0.15, -0.1) is 0 Å². The average molecular weight is 409 g/mol. The van der Waals surface area contributed by atoms with Crippen LogP contribution in [0.25, 0.3) is 0 Å². The molecule has 0 spiro atoms. The lowest BCUT2D eigenvalue weighted by Crippen LogP contribution is -2.39. The van der Waals surface area contributed by atoms with Gasteiger partial charge in [0.2, 0.25) is 15.9 Å². The van der Waals surface area contributed by atoms with Crippen LogP contribution in [-0.4, -0.2) is 20.4 Å². The second-order valence-corrected chi connectivity index (χ2v) is 8.99. The first kappa shape index (κ1) is 21.4. The zero-order valence-electron chi connectivity index (χ0n) is 15.6. The standard InChI is InChI=1S/C20H25ClN2O3S/c1-14(2)15(3)22-20(24)13-19(16-9-11-17(21)12-10-16)23-27(25,26)18-7-5-4-6-8-18/h4-12,14-15,19,23H,13H2,1-3H3,(H,22,24). The Labute approximate surface area is 166 Å². The molecule has 0 aliphatic heterocycles. The summed E-state index contributed by atoms with van der Waals surface area (Å²) in [6.45, 7) is 5.95. The lowest BCUT2D eigenvalue weighted by molar-refractivity contribution is -0.122. The molecule has 2 atom stereocenters. The van der Waals surface area contributed by atoms with Gasteiger partial charge in [0.1, 0.15) is 0 Å². The van der Waals surface area contributed by atoms with E-state index in [1.807, 2.05) is 20.8 Å². The van der Waals surface area contributed by atoms with Gasteiger partial charge in [-0.1, -0.05) is 55.8 Å². The largest absolute Gasteiger partial charge is 0.353 e. The third-order valence-corrected chi connectivity index (χ3v) is 6.14. The summed E-state index contributed by atoms with van der Waals surface area (Å²) in [5.41, 5.74) is 0.672. The summed E-state index contributed by atoms with van der Waals surface area (Å²) in [5.74, 6) is 0.0656. The van der Waals surface area contributed by atoms with E-state index in [1.54, 1.807) is 42.5 Å². The van der Waals surface area contributed by atoms with Gasteiger partial charge >= 0.3 is 0 Å².